The highest BCUT2D eigenvalue weighted by atomic mass is 79.9. The average molecular weight is 229 g/mol. The van der Waals surface area contributed by atoms with E-state index in [1.807, 2.05) is 12.1 Å². The maximum atomic E-state index is 9.35. The predicted molar refractivity (Wildman–Crippen MR) is 54.2 cm³/mol. The molecule has 0 spiro atoms. The molecule has 1 N–H and O–H groups in total. The van der Waals surface area contributed by atoms with Crippen molar-refractivity contribution in [1.29, 1.82) is 0 Å². The molecule has 2 heteroatoms. The molecule has 1 unspecified atom stereocenters. The lowest BCUT2D eigenvalue weighted by Gasteiger charge is -2.07. The standard InChI is InChI=1S/C10H13BrO/c1-3-8-4-9(7(2)12)6-10(11)5-8/h4-7,12H,3H2,1-2H3. The van der Waals surface area contributed by atoms with Crippen LogP contribution in [0.25, 0.3) is 0 Å². The SMILES string of the molecule is CCc1cc(Br)cc(C(C)O)c1. The summed E-state index contributed by atoms with van der Waals surface area (Å²) in [6.45, 7) is 3.88. The van der Waals surface area contributed by atoms with E-state index in [0.29, 0.717) is 0 Å². The Morgan fingerprint density at radius 3 is 2.58 bits per heavy atom. The third kappa shape index (κ3) is 2.32. The molecule has 12 heavy (non-hydrogen) atoms. The van der Waals surface area contributed by atoms with Gasteiger partial charge in [0.1, 0.15) is 0 Å². The van der Waals surface area contributed by atoms with Crippen LogP contribution in [-0.2, 0) is 6.42 Å². The van der Waals surface area contributed by atoms with Gasteiger partial charge in [-0.25, -0.2) is 0 Å². The molecule has 0 saturated heterocycles. The van der Waals surface area contributed by atoms with Crippen molar-refractivity contribution in [2.75, 3.05) is 0 Å². The number of halogens is 1. The van der Waals surface area contributed by atoms with Crippen LogP contribution in [-0.4, -0.2) is 5.11 Å². The summed E-state index contributed by atoms with van der Waals surface area (Å²) in [5, 5.41) is 9.35. The van der Waals surface area contributed by atoms with E-state index >= 15 is 0 Å². The molecule has 66 valence electrons. The van der Waals surface area contributed by atoms with Crippen molar-refractivity contribution in [2.24, 2.45) is 0 Å². The molecular weight excluding hydrogens is 216 g/mol. The molecule has 0 fully saturated rings. The lowest BCUT2D eigenvalue weighted by atomic mass is 10.1. The molecule has 1 aromatic carbocycles. The van der Waals surface area contributed by atoms with Gasteiger partial charge in [-0.05, 0) is 36.6 Å². The Labute approximate surface area is 81.6 Å². The quantitative estimate of drug-likeness (QED) is 0.826. The Kier molecular flexibility index (Phi) is 3.29. The topological polar surface area (TPSA) is 20.2 Å². The van der Waals surface area contributed by atoms with Gasteiger partial charge in [0.05, 0.1) is 6.10 Å². The van der Waals surface area contributed by atoms with Crippen molar-refractivity contribution in [3.8, 4) is 0 Å². The zero-order chi connectivity index (χ0) is 9.14. The molecule has 0 aliphatic heterocycles. The van der Waals surface area contributed by atoms with E-state index in [4.69, 9.17) is 0 Å². The van der Waals surface area contributed by atoms with Crippen LogP contribution in [0.2, 0.25) is 0 Å². The third-order valence-electron chi connectivity index (χ3n) is 1.87. The highest BCUT2D eigenvalue weighted by molar-refractivity contribution is 9.10. The molecule has 1 atom stereocenters. The molecular formula is C10H13BrO. The summed E-state index contributed by atoms with van der Waals surface area (Å²) >= 11 is 3.41. The van der Waals surface area contributed by atoms with Crippen LogP contribution in [0.3, 0.4) is 0 Å². The van der Waals surface area contributed by atoms with Crippen molar-refractivity contribution >= 4 is 15.9 Å². The zero-order valence-electron chi connectivity index (χ0n) is 7.34. The first-order valence-electron chi connectivity index (χ1n) is 4.11. The molecule has 0 heterocycles. The van der Waals surface area contributed by atoms with Gasteiger partial charge in [0, 0.05) is 4.47 Å². The van der Waals surface area contributed by atoms with Crippen LogP contribution >= 0.6 is 15.9 Å². The van der Waals surface area contributed by atoms with Crippen molar-refractivity contribution < 1.29 is 5.11 Å². The van der Waals surface area contributed by atoms with E-state index in [1.165, 1.54) is 5.56 Å². The Bertz CT molecular complexity index is 269. The normalized spacial score (nSPS) is 13.0. The number of aliphatic hydroxyl groups excluding tert-OH is 1. The van der Waals surface area contributed by atoms with E-state index in [0.717, 1.165) is 16.5 Å². The van der Waals surface area contributed by atoms with Gasteiger partial charge in [-0.2, -0.15) is 0 Å². The Hall–Kier alpha value is -0.340. The van der Waals surface area contributed by atoms with Crippen molar-refractivity contribution in [1.82, 2.24) is 0 Å². The smallest absolute Gasteiger partial charge is 0.0762 e. The van der Waals surface area contributed by atoms with Gasteiger partial charge in [-0.15, -0.1) is 0 Å². The number of aliphatic hydroxyl groups is 1. The monoisotopic (exact) mass is 228 g/mol. The number of rotatable bonds is 2. The Balaban J connectivity index is 3.06. The van der Waals surface area contributed by atoms with Crippen LogP contribution in [0.5, 0.6) is 0 Å². The minimum atomic E-state index is -0.382. The summed E-state index contributed by atoms with van der Waals surface area (Å²) in [4.78, 5) is 0. The van der Waals surface area contributed by atoms with Gasteiger partial charge in [-0.1, -0.05) is 28.9 Å². The highest BCUT2D eigenvalue weighted by Crippen LogP contribution is 2.20. The fourth-order valence-electron chi connectivity index (χ4n) is 1.12. The van der Waals surface area contributed by atoms with Gasteiger partial charge in [0.15, 0.2) is 0 Å². The average Bonchev–Trinajstić information content (AvgIpc) is 2.03. The van der Waals surface area contributed by atoms with Crippen molar-refractivity contribution in [2.45, 2.75) is 26.4 Å². The number of benzene rings is 1. The van der Waals surface area contributed by atoms with E-state index < -0.39 is 0 Å². The molecule has 1 nitrogen and oxygen atoms in total. The van der Waals surface area contributed by atoms with Gasteiger partial charge in [0.2, 0.25) is 0 Å². The zero-order valence-corrected chi connectivity index (χ0v) is 8.93. The van der Waals surface area contributed by atoms with Gasteiger partial charge in [-0.3, -0.25) is 0 Å². The second-order valence-corrected chi connectivity index (χ2v) is 3.84. The molecule has 0 radical (unpaired) electrons. The van der Waals surface area contributed by atoms with Crippen LogP contribution in [0, 0.1) is 0 Å². The maximum Gasteiger partial charge on any atom is 0.0762 e. The summed E-state index contributed by atoms with van der Waals surface area (Å²) < 4.78 is 1.04. The molecule has 0 saturated carbocycles. The van der Waals surface area contributed by atoms with E-state index in [9.17, 15) is 5.11 Å². The first-order chi connectivity index (χ1) is 5.63. The predicted octanol–water partition coefficient (Wildman–Crippen LogP) is 3.06. The molecule has 1 rings (SSSR count). The number of hydrogen-bond donors (Lipinski definition) is 1. The molecule has 0 aromatic heterocycles. The lowest BCUT2D eigenvalue weighted by molar-refractivity contribution is 0.199. The van der Waals surface area contributed by atoms with Gasteiger partial charge < -0.3 is 5.11 Å². The number of aryl methyl sites for hydroxylation is 1. The van der Waals surface area contributed by atoms with E-state index in [1.54, 1.807) is 6.92 Å². The molecule has 0 bridgehead atoms. The number of hydrogen-bond acceptors (Lipinski definition) is 1. The van der Waals surface area contributed by atoms with Crippen molar-refractivity contribution in [3.63, 3.8) is 0 Å². The first-order valence-corrected chi connectivity index (χ1v) is 4.90. The molecule has 0 amide bonds. The molecule has 1 aromatic rings. The summed E-state index contributed by atoms with van der Waals surface area (Å²) in [5.41, 5.74) is 2.22. The second-order valence-electron chi connectivity index (χ2n) is 2.92. The van der Waals surface area contributed by atoms with Crippen LogP contribution < -0.4 is 0 Å². The fourth-order valence-corrected chi connectivity index (χ4v) is 1.68. The lowest BCUT2D eigenvalue weighted by Crippen LogP contribution is -1.92. The minimum Gasteiger partial charge on any atom is -0.389 e. The fraction of sp³-hybridized carbons (Fsp3) is 0.400. The van der Waals surface area contributed by atoms with E-state index in [2.05, 4.69) is 28.9 Å². The summed E-state index contributed by atoms with van der Waals surface area (Å²) in [5.74, 6) is 0. The summed E-state index contributed by atoms with van der Waals surface area (Å²) in [7, 11) is 0. The first kappa shape index (κ1) is 9.75. The van der Waals surface area contributed by atoms with Crippen LogP contribution in [0.15, 0.2) is 22.7 Å². The largest absolute Gasteiger partial charge is 0.389 e. The second kappa shape index (κ2) is 4.06. The Morgan fingerprint density at radius 2 is 2.08 bits per heavy atom. The van der Waals surface area contributed by atoms with Gasteiger partial charge >= 0.3 is 0 Å². The maximum absolute atomic E-state index is 9.35. The molecule has 0 aliphatic carbocycles. The third-order valence-corrected chi connectivity index (χ3v) is 2.33. The van der Waals surface area contributed by atoms with Crippen molar-refractivity contribution in [3.05, 3.63) is 33.8 Å². The summed E-state index contributed by atoms with van der Waals surface area (Å²) in [6.07, 6.45) is 0.617. The molecule has 0 aliphatic rings. The Morgan fingerprint density at radius 1 is 1.42 bits per heavy atom. The van der Waals surface area contributed by atoms with E-state index in [-0.39, 0.29) is 6.10 Å². The van der Waals surface area contributed by atoms with Crippen LogP contribution in [0.1, 0.15) is 31.1 Å². The van der Waals surface area contributed by atoms with Crippen LogP contribution in [0.4, 0.5) is 0 Å². The summed E-state index contributed by atoms with van der Waals surface area (Å²) in [6, 6.07) is 6.06. The van der Waals surface area contributed by atoms with Gasteiger partial charge in [0.25, 0.3) is 0 Å². The minimum absolute atomic E-state index is 0.382. The highest BCUT2D eigenvalue weighted by Gasteiger charge is 2.02.